The molecule has 0 saturated carbocycles. The van der Waals surface area contributed by atoms with Gasteiger partial charge in [0.1, 0.15) is 35.4 Å². The van der Waals surface area contributed by atoms with Crippen LogP contribution in [0.5, 0.6) is 11.5 Å². The van der Waals surface area contributed by atoms with Crippen molar-refractivity contribution in [3.8, 4) is 11.5 Å². The molecule has 1 amide bonds. The number of fused-ring (bicyclic) bond motifs is 1. The van der Waals surface area contributed by atoms with Crippen molar-refractivity contribution < 1.29 is 33.0 Å². The highest BCUT2D eigenvalue weighted by Gasteiger charge is 2.42. The number of aromatic hydroxyl groups is 1. The smallest absolute Gasteiger partial charge is 0.416 e. The molecule has 38 heavy (non-hydrogen) atoms. The number of halogens is 2. The number of allylic oxidation sites excluding steroid dienone is 1. The number of hydrogen-bond donors (Lipinski definition) is 3. The lowest BCUT2D eigenvalue weighted by Gasteiger charge is -2.39. The molecule has 11 heteroatoms. The summed E-state index contributed by atoms with van der Waals surface area (Å²) in [6.07, 6.45) is 1.65. The zero-order valence-corrected chi connectivity index (χ0v) is 21.3. The van der Waals surface area contributed by atoms with Gasteiger partial charge in [0, 0.05) is 29.3 Å². The number of ether oxygens (including phenoxy) is 2. The predicted octanol–water partition coefficient (Wildman–Crippen LogP) is 3.68. The van der Waals surface area contributed by atoms with Gasteiger partial charge in [0.25, 0.3) is 0 Å². The molecule has 0 radical (unpaired) electrons. The van der Waals surface area contributed by atoms with Crippen molar-refractivity contribution in [3.05, 3.63) is 76.8 Å². The summed E-state index contributed by atoms with van der Waals surface area (Å²) in [5.41, 5.74) is 12.3. The summed E-state index contributed by atoms with van der Waals surface area (Å²) >= 11 is 0. The predicted molar refractivity (Wildman–Crippen MR) is 136 cm³/mol. The van der Waals surface area contributed by atoms with Crippen molar-refractivity contribution in [1.29, 1.82) is 0 Å². The van der Waals surface area contributed by atoms with Crippen LogP contribution in [-0.4, -0.2) is 58.1 Å². The van der Waals surface area contributed by atoms with Gasteiger partial charge in [0.05, 0.1) is 24.8 Å². The van der Waals surface area contributed by atoms with Gasteiger partial charge in [0.15, 0.2) is 11.6 Å². The van der Waals surface area contributed by atoms with Crippen LogP contribution in [0.15, 0.2) is 54.0 Å². The first-order valence-electron chi connectivity index (χ1n) is 12.0. The number of hydrogen-bond acceptors (Lipinski definition) is 8. The molecule has 202 valence electrons. The Labute approximate surface area is 218 Å². The molecule has 0 aliphatic carbocycles. The van der Waals surface area contributed by atoms with Gasteiger partial charge in [-0.3, -0.25) is 9.69 Å². The van der Waals surface area contributed by atoms with Crippen LogP contribution in [0.1, 0.15) is 43.1 Å². The lowest BCUT2D eigenvalue weighted by atomic mass is 10.1. The Bertz CT molecular complexity index is 1300. The van der Waals surface area contributed by atoms with Crippen LogP contribution >= 0.6 is 0 Å². The molecule has 1 fully saturated rings. The highest BCUT2D eigenvalue weighted by atomic mass is 19.1. The molecule has 2 aromatic rings. The van der Waals surface area contributed by atoms with E-state index in [2.05, 4.69) is 0 Å². The third-order valence-corrected chi connectivity index (χ3v) is 6.20. The number of phenolic OH excluding ortho intramolecular Hbond substituents is 1. The quantitative estimate of drug-likeness (QED) is 0.501. The van der Waals surface area contributed by atoms with Gasteiger partial charge in [0.2, 0.25) is 0 Å². The van der Waals surface area contributed by atoms with Crippen LogP contribution in [0.2, 0.25) is 0 Å². The second-order valence-electron chi connectivity index (χ2n) is 10.2. The maximum atomic E-state index is 14.0. The van der Waals surface area contributed by atoms with Gasteiger partial charge in [-0.25, -0.2) is 13.6 Å². The van der Waals surface area contributed by atoms with E-state index in [9.17, 15) is 23.5 Å². The summed E-state index contributed by atoms with van der Waals surface area (Å²) < 4.78 is 39.5. The molecule has 9 nitrogen and oxygen atoms in total. The van der Waals surface area contributed by atoms with Crippen LogP contribution in [0.25, 0.3) is 5.70 Å². The fourth-order valence-electron chi connectivity index (χ4n) is 4.50. The van der Waals surface area contributed by atoms with Gasteiger partial charge in [-0.1, -0.05) is 0 Å². The van der Waals surface area contributed by atoms with E-state index >= 15 is 0 Å². The Balaban J connectivity index is 1.69. The van der Waals surface area contributed by atoms with Crippen molar-refractivity contribution in [1.82, 2.24) is 9.80 Å². The molecular formula is C27H30F2N4O5. The number of rotatable bonds is 5. The first-order valence-corrected chi connectivity index (χ1v) is 12.0. The van der Waals surface area contributed by atoms with Gasteiger partial charge >= 0.3 is 6.09 Å². The van der Waals surface area contributed by atoms with Crippen molar-refractivity contribution >= 4 is 18.1 Å². The Morgan fingerprint density at radius 2 is 1.84 bits per heavy atom. The highest BCUT2D eigenvalue weighted by molar-refractivity contribution is 5.75. The summed E-state index contributed by atoms with van der Waals surface area (Å²) in [6.45, 7) is 5.77. The molecule has 0 aromatic heterocycles. The first-order chi connectivity index (χ1) is 17.9. The zero-order valence-electron chi connectivity index (χ0n) is 21.3. The number of phenols is 1. The molecular weight excluding hydrogens is 498 g/mol. The van der Waals surface area contributed by atoms with E-state index in [1.54, 1.807) is 45.0 Å². The van der Waals surface area contributed by atoms with Gasteiger partial charge < -0.3 is 30.9 Å². The van der Waals surface area contributed by atoms with E-state index in [1.807, 2.05) is 4.90 Å². The minimum Gasteiger partial charge on any atom is -0.504 e. The topological polar surface area (TPSA) is 131 Å². The monoisotopic (exact) mass is 528 g/mol. The highest BCUT2D eigenvalue weighted by Crippen LogP contribution is 2.35. The maximum Gasteiger partial charge on any atom is 0.416 e. The first kappa shape index (κ1) is 26.8. The number of nitrogens with zero attached hydrogens (tertiary/aromatic N) is 2. The summed E-state index contributed by atoms with van der Waals surface area (Å²) in [6, 6.07) is 7.89. The molecule has 0 bridgehead atoms. The molecule has 2 aliphatic heterocycles. The number of carbonyl (C=O) groups is 2. The normalized spacial score (nSPS) is 19.9. The SMILES string of the molecule is CC(C)(C)OC(=O)N1CC2CC(Oc3ccc(C=O)cc3)CN2C(/C=C(\N)c2cc(F)cc(F)c2O)=C1N. The Morgan fingerprint density at radius 1 is 1.16 bits per heavy atom. The number of aldehydes is 1. The Morgan fingerprint density at radius 3 is 2.47 bits per heavy atom. The molecule has 4 rings (SSSR count). The van der Waals surface area contributed by atoms with Crippen LogP contribution in [0, 0.1) is 11.6 Å². The van der Waals surface area contributed by atoms with Crippen LogP contribution < -0.4 is 16.2 Å². The lowest BCUT2D eigenvalue weighted by molar-refractivity contribution is 0.0243. The van der Waals surface area contributed by atoms with Crippen molar-refractivity contribution in [2.75, 3.05) is 13.1 Å². The second-order valence-corrected chi connectivity index (χ2v) is 10.2. The molecule has 2 atom stereocenters. The van der Waals surface area contributed by atoms with Gasteiger partial charge in [-0.15, -0.1) is 0 Å². The van der Waals surface area contributed by atoms with E-state index in [0.29, 0.717) is 36.0 Å². The van der Waals surface area contributed by atoms with Crippen LogP contribution in [0.4, 0.5) is 13.6 Å². The minimum absolute atomic E-state index is 0.0331. The van der Waals surface area contributed by atoms with E-state index in [1.165, 1.54) is 11.0 Å². The fourth-order valence-corrected chi connectivity index (χ4v) is 4.50. The van der Waals surface area contributed by atoms with Crippen LogP contribution in [-0.2, 0) is 4.74 Å². The fraction of sp³-hybridized carbons (Fsp3) is 0.333. The third kappa shape index (κ3) is 5.66. The Kier molecular flexibility index (Phi) is 7.21. The Hall–Kier alpha value is -4.28. The van der Waals surface area contributed by atoms with E-state index in [0.717, 1.165) is 12.4 Å². The lowest BCUT2D eigenvalue weighted by Crippen LogP contribution is -2.51. The van der Waals surface area contributed by atoms with E-state index in [-0.39, 0.29) is 35.8 Å². The molecule has 2 heterocycles. The molecule has 2 unspecified atom stereocenters. The number of nitrogens with two attached hydrogens (primary N) is 2. The summed E-state index contributed by atoms with van der Waals surface area (Å²) in [5.74, 6) is -2.28. The standard InChI is InChI=1S/C27H30F2N4O5/c1-27(2,3)38-26(36)33-12-17-10-19(37-18-6-4-15(14-34)5-7-18)13-32(17)23(25(33)31)11-22(30)20-8-16(28)9-21(29)24(20)35/h4-9,11,14,17,19,35H,10,12-13,30-31H2,1-3H3/b22-11-. The van der Waals surface area contributed by atoms with Crippen molar-refractivity contribution in [2.24, 2.45) is 11.5 Å². The average molecular weight is 529 g/mol. The zero-order chi connectivity index (χ0) is 27.8. The molecule has 0 spiro atoms. The third-order valence-electron chi connectivity index (χ3n) is 6.20. The van der Waals surface area contributed by atoms with Crippen LogP contribution in [0.3, 0.4) is 0 Å². The molecule has 5 N–H and O–H groups in total. The van der Waals surface area contributed by atoms with Gasteiger partial charge in [-0.2, -0.15) is 0 Å². The summed E-state index contributed by atoms with van der Waals surface area (Å²) in [7, 11) is 0. The number of carbonyl (C=O) groups excluding carboxylic acids is 2. The van der Waals surface area contributed by atoms with E-state index < -0.39 is 29.1 Å². The summed E-state index contributed by atoms with van der Waals surface area (Å²) in [4.78, 5) is 27.1. The maximum absolute atomic E-state index is 14.0. The van der Waals surface area contributed by atoms with Crippen molar-refractivity contribution in [3.63, 3.8) is 0 Å². The minimum atomic E-state index is -1.16. The van der Waals surface area contributed by atoms with E-state index in [4.69, 9.17) is 20.9 Å². The molecule has 2 aromatic carbocycles. The average Bonchev–Trinajstić information content (AvgIpc) is 3.24. The molecule has 2 aliphatic rings. The summed E-state index contributed by atoms with van der Waals surface area (Å²) in [5, 5.41) is 10.1. The molecule has 1 saturated heterocycles. The van der Waals surface area contributed by atoms with Crippen molar-refractivity contribution in [2.45, 2.75) is 44.9 Å². The number of benzene rings is 2. The van der Waals surface area contributed by atoms with Gasteiger partial charge in [-0.05, 0) is 57.2 Å². The largest absolute Gasteiger partial charge is 0.504 e. The second kappa shape index (κ2) is 10.2. The number of amides is 1.